The van der Waals surface area contributed by atoms with Gasteiger partial charge < -0.3 is 19.3 Å². The van der Waals surface area contributed by atoms with Crippen LogP contribution in [0, 0.1) is 22.7 Å². The Hall–Kier alpha value is -0.160. The summed E-state index contributed by atoms with van der Waals surface area (Å²) in [5, 5.41) is 10.2. The molecule has 4 heteroatoms. The van der Waals surface area contributed by atoms with E-state index < -0.39 is 6.29 Å². The van der Waals surface area contributed by atoms with Crippen LogP contribution < -0.4 is 0 Å². The summed E-state index contributed by atoms with van der Waals surface area (Å²) < 4.78 is 17.7. The van der Waals surface area contributed by atoms with E-state index >= 15 is 0 Å². The van der Waals surface area contributed by atoms with Crippen LogP contribution >= 0.6 is 0 Å². The van der Waals surface area contributed by atoms with Gasteiger partial charge in [-0.25, -0.2) is 0 Å². The summed E-state index contributed by atoms with van der Waals surface area (Å²) in [6, 6.07) is 0. The summed E-state index contributed by atoms with van der Waals surface area (Å²) in [4.78, 5) is 0. The van der Waals surface area contributed by atoms with E-state index in [1.807, 2.05) is 6.92 Å². The Bertz CT molecular complexity index is 414. The smallest absolute Gasteiger partial charge is 0.160 e. The van der Waals surface area contributed by atoms with Gasteiger partial charge in [-0.05, 0) is 57.8 Å². The van der Waals surface area contributed by atoms with Gasteiger partial charge in [-0.15, -0.1) is 0 Å². The maximum absolute atomic E-state index is 10.2. The van der Waals surface area contributed by atoms with Gasteiger partial charge in [-0.2, -0.15) is 0 Å². The molecule has 1 aliphatic carbocycles. The lowest BCUT2D eigenvalue weighted by molar-refractivity contribution is -0.244. The van der Waals surface area contributed by atoms with Gasteiger partial charge in [0.05, 0.1) is 12.2 Å². The second-order valence-corrected chi connectivity index (χ2v) is 8.85. The highest BCUT2D eigenvalue weighted by Crippen LogP contribution is 2.68. The molecule has 0 radical (unpaired) electrons. The van der Waals surface area contributed by atoms with Crippen LogP contribution in [0.4, 0.5) is 0 Å². The molecule has 4 nitrogen and oxygen atoms in total. The van der Waals surface area contributed by atoms with Gasteiger partial charge in [-0.3, -0.25) is 0 Å². The van der Waals surface area contributed by atoms with E-state index in [1.165, 1.54) is 0 Å². The lowest BCUT2D eigenvalue weighted by Crippen LogP contribution is -2.40. The fraction of sp³-hybridized carbons (Fsp3) is 1.00. The summed E-state index contributed by atoms with van der Waals surface area (Å²) in [5.74, 6) is 1.04. The van der Waals surface area contributed by atoms with Gasteiger partial charge >= 0.3 is 0 Å². The van der Waals surface area contributed by atoms with Crippen molar-refractivity contribution in [1.82, 2.24) is 0 Å². The molecule has 2 rings (SSSR count). The Balaban J connectivity index is 1.79. The highest BCUT2D eigenvalue weighted by molar-refractivity contribution is 5.10. The number of aliphatic hydroxyl groups is 1. The van der Waals surface area contributed by atoms with Gasteiger partial charge in [-0.1, -0.05) is 27.7 Å². The first-order chi connectivity index (χ1) is 11.1. The Morgan fingerprint density at radius 1 is 1.21 bits per heavy atom. The minimum Gasteiger partial charge on any atom is -0.367 e. The van der Waals surface area contributed by atoms with Crippen LogP contribution in [0.15, 0.2) is 0 Å². The average molecular weight is 343 g/mol. The molecule has 142 valence electrons. The highest BCUT2D eigenvalue weighted by atomic mass is 16.7. The van der Waals surface area contributed by atoms with Crippen LogP contribution in [0.25, 0.3) is 0 Å². The molecule has 0 aromatic heterocycles. The third-order valence-corrected chi connectivity index (χ3v) is 6.71. The third kappa shape index (κ3) is 4.14. The normalized spacial score (nSPS) is 45.0. The predicted octanol–water partition coefficient (Wildman–Crippen LogP) is 4.35. The zero-order valence-corrected chi connectivity index (χ0v) is 16.7. The van der Waals surface area contributed by atoms with Crippen molar-refractivity contribution in [3.63, 3.8) is 0 Å². The van der Waals surface area contributed by atoms with Gasteiger partial charge in [0.2, 0.25) is 0 Å². The molecule has 1 N–H and O–H groups in total. The molecule has 0 bridgehead atoms. The number of hydrogen-bond acceptors (Lipinski definition) is 4. The molecule has 1 heterocycles. The lowest BCUT2D eigenvalue weighted by Gasteiger charge is -2.38. The SMILES string of the molecule is CCOC(O)[C@]1(C)C[C@]1(C)CC[C@@H](C)O[C@@H]1O[C@@H](C)[C@H](C)C[C@H]1C. The number of rotatable bonds is 8. The fourth-order valence-electron chi connectivity index (χ4n) is 4.22. The van der Waals surface area contributed by atoms with E-state index in [0.29, 0.717) is 18.4 Å². The Kier molecular flexibility index (Phi) is 6.39. The van der Waals surface area contributed by atoms with E-state index in [-0.39, 0.29) is 29.3 Å². The molecule has 2 aliphatic rings. The molecule has 1 saturated carbocycles. The molecule has 1 aliphatic heterocycles. The minimum absolute atomic E-state index is 0.0846. The van der Waals surface area contributed by atoms with Crippen molar-refractivity contribution in [2.24, 2.45) is 22.7 Å². The van der Waals surface area contributed by atoms with E-state index in [9.17, 15) is 5.11 Å². The van der Waals surface area contributed by atoms with Gasteiger partial charge in [0, 0.05) is 17.9 Å². The molecular weight excluding hydrogens is 304 g/mol. The molecule has 0 spiro atoms. The number of aliphatic hydroxyl groups excluding tert-OH is 1. The van der Waals surface area contributed by atoms with Crippen LogP contribution in [0.3, 0.4) is 0 Å². The van der Waals surface area contributed by atoms with Crippen molar-refractivity contribution < 1.29 is 19.3 Å². The van der Waals surface area contributed by atoms with Crippen molar-refractivity contribution in [3.8, 4) is 0 Å². The highest BCUT2D eigenvalue weighted by Gasteiger charge is 2.64. The van der Waals surface area contributed by atoms with E-state index in [1.54, 1.807) is 0 Å². The topological polar surface area (TPSA) is 47.9 Å². The Morgan fingerprint density at radius 3 is 2.50 bits per heavy atom. The Morgan fingerprint density at radius 2 is 1.88 bits per heavy atom. The molecule has 0 aromatic rings. The minimum atomic E-state index is -0.659. The fourth-order valence-corrected chi connectivity index (χ4v) is 4.22. The summed E-state index contributed by atoms with van der Waals surface area (Å²) in [6.45, 7) is 15.6. The van der Waals surface area contributed by atoms with Crippen molar-refractivity contribution >= 4 is 0 Å². The summed E-state index contributed by atoms with van der Waals surface area (Å²) >= 11 is 0. The van der Waals surface area contributed by atoms with Gasteiger partial charge in [0.25, 0.3) is 0 Å². The molecule has 1 saturated heterocycles. The van der Waals surface area contributed by atoms with Crippen LogP contribution in [-0.4, -0.2) is 36.5 Å². The maximum atomic E-state index is 10.2. The first-order valence-corrected chi connectivity index (χ1v) is 9.73. The first-order valence-electron chi connectivity index (χ1n) is 9.73. The van der Waals surface area contributed by atoms with Crippen LogP contribution in [0.5, 0.6) is 0 Å². The molecule has 2 fully saturated rings. The van der Waals surface area contributed by atoms with Crippen molar-refractivity contribution in [3.05, 3.63) is 0 Å². The van der Waals surface area contributed by atoms with Crippen LogP contribution in [-0.2, 0) is 14.2 Å². The standard InChI is InChI=1S/C20H38O4/c1-8-22-18(21)20(7)12-19(20,6)10-9-15(4)23-17-14(3)11-13(2)16(5)24-17/h13-18,21H,8-12H2,1-7H3/t13-,14-,15-,16+,17-,18?,19+,20+/m1/s1. The molecular formula is C20H38O4. The predicted molar refractivity (Wildman–Crippen MR) is 95.5 cm³/mol. The van der Waals surface area contributed by atoms with E-state index in [4.69, 9.17) is 14.2 Å². The third-order valence-electron chi connectivity index (χ3n) is 6.71. The lowest BCUT2D eigenvalue weighted by atomic mass is 9.89. The van der Waals surface area contributed by atoms with Gasteiger partial charge in [0.1, 0.15) is 0 Å². The van der Waals surface area contributed by atoms with E-state index in [2.05, 4.69) is 41.5 Å². The second-order valence-electron chi connectivity index (χ2n) is 8.85. The van der Waals surface area contributed by atoms with Crippen molar-refractivity contribution in [1.29, 1.82) is 0 Å². The number of hydrogen-bond donors (Lipinski definition) is 1. The van der Waals surface area contributed by atoms with Crippen molar-refractivity contribution in [2.45, 2.75) is 98.9 Å². The summed E-state index contributed by atoms with van der Waals surface area (Å²) in [6.07, 6.45) is 3.90. The number of ether oxygens (including phenoxy) is 3. The zero-order chi connectivity index (χ0) is 18.1. The monoisotopic (exact) mass is 342 g/mol. The van der Waals surface area contributed by atoms with Crippen LogP contribution in [0.2, 0.25) is 0 Å². The molecule has 24 heavy (non-hydrogen) atoms. The summed E-state index contributed by atoms with van der Waals surface area (Å²) in [7, 11) is 0. The van der Waals surface area contributed by atoms with Crippen molar-refractivity contribution in [2.75, 3.05) is 6.61 Å². The second kappa shape index (κ2) is 7.61. The average Bonchev–Trinajstić information content (AvgIpc) is 3.07. The quantitative estimate of drug-likeness (QED) is 0.666. The molecule has 0 amide bonds. The first kappa shape index (κ1) is 20.2. The molecule has 1 unspecified atom stereocenters. The molecule has 8 atom stereocenters. The Labute approximate surface area is 148 Å². The largest absolute Gasteiger partial charge is 0.367 e. The zero-order valence-electron chi connectivity index (χ0n) is 16.7. The molecule has 0 aromatic carbocycles. The van der Waals surface area contributed by atoms with E-state index in [0.717, 1.165) is 25.7 Å². The maximum Gasteiger partial charge on any atom is 0.160 e. The van der Waals surface area contributed by atoms with Crippen LogP contribution in [0.1, 0.15) is 74.1 Å². The van der Waals surface area contributed by atoms with Gasteiger partial charge in [0.15, 0.2) is 12.6 Å². The summed E-state index contributed by atoms with van der Waals surface area (Å²) in [5.41, 5.74) is 0.0152.